The predicted octanol–water partition coefficient (Wildman–Crippen LogP) is 2.12. The lowest BCUT2D eigenvalue weighted by Crippen LogP contribution is -2.35. The molecule has 3 atom stereocenters. The highest BCUT2D eigenvalue weighted by molar-refractivity contribution is 5.50. The first-order valence-corrected chi connectivity index (χ1v) is 6.57. The second-order valence-electron chi connectivity index (χ2n) is 5.32. The molecular formula is C15H17NO. The van der Waals surface area contributed by atoms with E-state index in [2.05, 4.69) is 35.7 Å². The van der Waals surface area contributed by atoms with Crippen LogP contribution in [0.2, 0.25) is 0 Å². The average molecular weight is 227 g/mol. The monoisotopic (exact) mass is 227 g/mol. The maximum atomic E-state index is 6.14. The van der Waals surface area contributed by atoms with Gasteiger partial charge in [0.05, 0.1) is 6.10 Å². The smallest absolute Gasteiger partial charge is 0.102 e. The Morgan fingerprint density at radius 1 is 1.24 bits per heavy atom. The van der Waals surface area contributed by atoms with Crippen LogP contribution in [0.15, 0.2) is 47.1 Å². The highest BCUT2D eigenvalue weighted by atomic mass is 16.5. The number of hydrogen-bond acceptors (Lipinski definition) is 2. The summed E-state index contributed by atoms with van der Waals surface area (Å²) >= 11 is 0. The van der Waals surface area contributed by atoms with E-state index in [0.29, 0.717) is 6.10 Å². The molecule has 0 saturated carbocycles. The van der Waals surface area contributed by atoms with E-state index in [4.69, 9.17) is 4.74 Å². The fourth-order valence-electron chi connectivity index (χ4n) is 3.43. The zero-order valence-electron chi connectivity index (χ0n) is 9.86. The maximum absolute atomic E-state index is 6.14. The van der Waals surface area contributed by atoms with Crippen LogP contribution in [0.4, 0.5) is 0 Å². The third kappa shape index (κ3) is 1.48. The lowest BCUT2D eigenvalue weighted by molar-refractivity contribution is 0.0625. The molecule has 1 N–H and O–H groups in total. The predicted molar refractivity (Wildman–Crippen MR) is 67.6 cm³/mol. The van der Waals surface area contributed by atoms with E-state index in [-0.39, 0.29) is 6.10 Å². The van der Waals surface area contributed by atoms with Crippen LogP contribution in [0.25, 0.3) is 0 Å². The summed E-state index contributed by atoms with van der Waals surface area (Å²) in [6.07, 6.45) is 14.0. The number of fused-ring (bicyclic) bond motifs is 3. The van der Waals surface area contributed by atoms with E-state index in [0.717, 1.165) is 19.0 Å². The van der Waals surface area contributed by atoms with Crippen LogP contribution < -0.4 is 5.32 Å². The molecule has 0 bridgehead atoms. The summed E-state index contributed by atoms with van der Waals surface area (Å²) in [5.41, 5.74) is 4.40. The van der Waals surface area contributed by atoms with Crippen molar-refractivity contribution in [1.82, 2.24) is 5.32 Å². The lowest BCUT2D eigenvalue weighted by atomic mass is 9.79. The van der Waals surface area contributed by atoms with Gasteiger partial charge in [-0.2, -0.15) is 0 Å². The van der Waals surface area contributed by atoms with Gasteiger partial charge in [-0.05, 0) is 36.5 Å². The molecule has 0 aromatic heterocycles. The topological polar surface area (TPSA) is 21.3 Å². The highest BCUT2D eigenvalue weighted by Gasteiger charge is 2.37. The van der Waals surface area contributed by atoms with Crippen LogP contribution in [-0.4, -0.2) is 25.3 Å². The molecular weight excluding hydrogens is 210 g/mol. The van der Waals surface area contributed by atoms with Crippen LogP contribution in [0, 0.1) is 5.92 Å². The Balaban J connectivity index is 1.76. The lowest BCUT2D eigenvalue weighted by Gasteiger charge is -2.33. The van der Waals surface area contributed by atoms with Crippen molar-refractivity contribution in [3.8, 4) is 0 Å². The fourth-order valence-corrected chi connectivity index (χ4v) is 3.43. The summed E-state index contributed by atoms with van der Waals surface area (Å²) < 4.78 is 6.14. The van der Waals surface area contributed by atoms with Crippen molar-refractivity contribution in [3.63, 3.8) is 0 Å². The van der Waals surface area contributed by atoms with Crippen molar-refractivity contribution < 1.29 is 4.74 Å². The Labute approximate surface area is 102 Å². The van der Waals surface area contributed by atoms with Crippen molar-refractivity contribution in [2.45, 2.75) is 25.0 Å². The molecule has 4 rings (SSSR count). The zero-order valence-corrected chi connectivity index (χ0v) is 9.86. The number of piperidine rings is 1. The van der Waals surface area contributed by atoms with Crippen LogP contribution in [0.5, 0.6) is 0 Å². The minimum atomic E-state index is 0.213. The molecule has 2 aliphatic carbocycles. The highest BCUT2D eigenvalue weighted by Crippen LogP contribution is 2.41. The summed E-state index contributed by atoms with van der Waals surface area (Å²) in [4.78, 5) is 0. The van der Waals surface area contributed by atoms with Gasteiger partial charge in [-0.1, -0.05) is 36.0 Å². The third-order valence-corrected chi connectivity index (χ3v) is 4.33. The maximum Gasteiger partial charge on any atom is 0.102 e. The molecule has 0 spiro atoms. The molecule has 88 valence electrons. The van der Waals surface area contributed by atoms with Crippen molar-refractivity contribution >= 4 is 0 Å². The molecule has 1 saturated heterocycles. The van der Waals surface area contributed by atoms with Gasteiger partial charge in [0, 0.05) is 6.54 Å². The van der Waals surface area contributed by atoms with Crippen molar-refractivity contribution in [2.75, 3.05) is 13.1 Å². The van der Waals surface area contributed by atoms with Crippen LogP contribution >= 0.6 is 0 Å². The number of ether oxygens (including phenoxy) is 1. The minimum absolute atomic E-state index is 0.213. The Bertz CT molecular complexity index is 469. The standard InChI is InChI=1S/C15H17NO/c1-2-4-14-12(3-1)13-7-11-9-16-6-5-10(11)8-15(13)17-14/h1-4,7,10,14-16H,5-6,8-9H2. The van der Waals surface area contributed by atoms with E-state index in [1.165, 1.54) is 24.0 Å². The van der Waals surface area contributed by atoms with E-state index < -0.39 is 0 Å². The summed E-state index contributed by atoms with van der Waals surface area (Å²) in [6, 6.07) is 0. The Morgan fingerprint density at radius 3 is 3.24 bits per heavy atom. The number of allylic oxidation sites excluding steroid dienone is 2. The molecule has 17 heavy (non-hydrogen) atoms. The van der Waals surface area contributed by atoms with Gasteiger partial charge in [-0.15, -0.1) is 0 Å². The van der Waals surface area contributed by atoms with Crippen molar-refractivity contribution in [2.24, 2.45) is 5.92 Å². The number of hydrogen-bond donors (Lipinski definition) is 1. The summed E-state index contributed by atoms with van der Waals surface area (Å²) in [7, 11) is 0. The van der Waals surface area contributed by atoms with Gasteiger partial charge >= 0.3 is 0 Å². The largest absolute Gasteiger partial charge is 0.361 e. The van der Waals surface area contributed by atoms with Gasteiger partial charge in [0.15, 0.2) is 0 Å². The Hall–Kier alpha value is -1.12. The van der Waals surface area contributed by atoms with Crippen molar-refractivity contribution in [1.29, 1.82) is 0 Å². The van der Waals surface area contributed by atoms with Gasteiger partial charge in [0.25, 0.3) is 0 Å². The quantitative estimate of drug-likeness (QED) is 0.684. The van der Waals surface area contributed by atoms with Gasteiger partial charge in [0.1, 0.15) is 6.10 Å². The van der Waals surface area contributed by atoms with Gasteiger partial charge in [-0.25, -0.2) is 0 Å². The van der Waals surface area contributed by atoms with Crippen LogP contribution in [0.3, 0.4) is 0 Å². The third-order valence-electron chi connectivity index (χ3n) is 4.33. The van der Waals surface area contributed by atoms with Gasteiger partial charge in [0.2, 0.25) is 0 Å². The minimum Gasteiger partial charge on any atom is -0.361 e. The van der Waals surface area contributed by atoms with E-state index in [9.17, 15) is 0 Å². The molecule has 2 heterocycles. The van der Waals surface area contributed by atoms with Gasteiger partial charge < -0.3 is 10.1 Å². The first kappa shape index (κ1) is 9.86. The molecule has 2 aliphatic heterocycles. The average Bonchev–Trinajstić information content (AvgIpc) is 2.73. The molecule has 0 aromatic carbocycles. The molecule has 3 unspecified atom stereocenters. The summed E-state index contributed by atoms with van der Waals surface area (Å²) in [6.45, 7) is 2.22. The van der Waals surface area contributed by atoms with Crippen LogP contribution in [0.1, 0.15) is 12.8 Å². The van der Waals surface area contributed by atoms with Crippen LogP contribution in [-0.2, 0) is 4.74 Å². The molecule has 0 radical (unpaired) electrons. The first-order chi connectivity index (χ1) is 8.42. The van der Waals surface area contributed by atoms with Crippen molar-refractivity contribution in [3.05, 3.63) is 47.1 Å². The Kier molecular flexibility index (Phi) is 2.14. The molecule has 1 fully saturated rings. The molecule has 4 aliphatic rings. The molecule has 0 amide bonds. The summed E-state index contributed by atoms with van der Waals surface area (Å²) in [5.74, 6) is 0.749. The second kappa shape index (κ2) is 3.69. The first-order valence-electron chi connectivity index (χ1n) is 6.57. The summed E-state index contributed by atoms with van der Waals surface area (Å²) in [5, 5.41) is 3.47. The van der Waals surface area contributed by atoms with E-state index >= 15 is 0 Å². The molecule has 2 heteroatoms. The zero-order chi connectivity index (χ0) is 11.2. The van der Waals surface area contributed by atoms with E-state index in [1.807, 2.05) is 0 Å². The second-order valence-corrected chi connectivity index (χ2v) is 5.32. The molecule has 0 aromatic rings. The number of rotatable bonds is 0. The number of nitrogens with one attached hydrogen (secondary N) is 1. The van der Waals surface area contributed by atoms with Gasteiger partial charge in [-0.3, -0.25) is 0 Å². The fraction of sp³-hybridized carbons (Fsp3) is 0.467. The SMILES string of the molecule is C1=CC2=C3C=C4CNCCC4CC3OC2C=C1. The Morgan fingerprint density at radius 2 is 2.24 bits per heavy atom. The molecule has 2 nitrogen and oxygen atoms in total. The normalized spacial score (nSPS) is 38.6. The van der Waals surface area contributed by atoms with E-state index in [1.54, 1.807) is 5.57 Å².